The molecule has 1 atom stereocenters. The van der Waals surface area contributed by atoms with Gasteiger partial charge in [0.25, 0.3) is 0 Å². The second kappa shape index (κ2) is 8.12. The van der Waals surface area contributed by atoms with Crippen LogP contribution in [0.25, 0.3) is 0 Å². The monoisotopic (exact) mass is 396 g/mol. The molecule has 0 bridgehead atoms. The Kier molecular flexibility index (Phi) is 5.81. The molecule has 1 unspecified atom stereocenters. The van der Waals surface area contributed by atoms with Crippen molar-refractivity contribution in [3.63, 3.8) is 0 Å². The minimum Gasteiger partial charge on any atom is -0.386 e. The fraction of sp³-hybridized carbons (Fsp3) is 0.217. The average molecular weight is 396 g/mol. The van der Waals surface area contributed by atoms with Gasteiger partial charge in [0, 0.05) is 0 Å². The van der Waals surface area contributed by atoms with Crippen LogP contribution < -0.4 is 13.6 Å². The van der Waals surface area contributed by atoms with Crippen LogP contribution in [0.1, 0.15) is 27.8 Å². The average Bonchev–Trinajstić information content (AvgIpc) is 2.62. The van der Waals surface area contributed by atoms with Gasteiger partial charge in [-0.25, -0.2) is 0 Å². The van der Waals surface area contributed by atoms with Crippen LogP contribution in [0.5, 0.6) is 17.2 Å². The van der Waals surface area contributed by atoms with Crippen LogP contribution in [0.2, 0.25) is 0 Å². The molecule has 0 amide bonds. The number of benzene rings is 3. The van der Waals surface area contributed by atoms with Gasteiger partial charge in [-0.15, -0.1) is 0 Å². The van der Waals surface area contributed by atoms with Crippen molar-refractivity contribution >= 4 is 7.82 Å². The van der Waals surface area contributed by atoms with E-state index in [4.69, 9.17) is 13.6 Å². The number of aryl methyl sites for hydroxylation is 5. The van der Waals surface area contributed by atoms with Crippen molar-refractivity contribution in [1.29, 1.82) is 0 Å². The minimum absolute atomic E-state index is 0.416. The summed E-state index contributed by atoms with van der Waals surface area (Å²) in [6.45, 7) is 9.65. The third-order valence-electron chi connectivity index (χ3n) is 4.38. The van der Waals surface area contributed by atoms with Crippen molar-refractivity contribution in [2.75, 3.05) is 0 Å². The maximum atomic E-state index is 13.7. The zero-order chi connectivity index (χ0) is 20.3. The van der Waals surface area contributed by atoms with Gasteiger partial charge in [-0.2, -0.15) is 4.57 Å². The summed E-state index contributed by atoms with van der Waals surface area (Å²) in [5, 5.41) is 0. The minimum atomic E-state index is -4.01. The van der Waals surface area contributed by atoms with Crippen LogP contribution in [0.4, 0.5) is 0 Å². The Morgan fingerprint density at radius 2 is 1.11 bits per heavy atom. The molecule has 3 rings (SSSR count). The summed E-state index contributed by atoms with van der Waals surface area (Å²) in [5.74, 6) is 1.43. The van der Waals surface area contributed by atoms with E-state index in [2.05, 4.69) is 0 Å². The van der Waals surface area contributed by atoms with E-state index in [1.54, 1.807) is 24.3 Å². The lowest BCUT2D eigenvalue weighted by Gasteiger charge is -2.23. The molecule has 0 aromatic heterocycles. The van der Waals surface area contributed by atoms with Gasteiger partial charge in [0.05, 0.1) is 0 Å². The van der Waals surface area contributed by atoms with E-state index in [0.717, 1.165) is 27.8 Å². The van der Waals surface area contributed by atoms with Gasteiger partial charge in [0.2, 0.25) is 0 Å². The fourth-order valence-electron chi connectivity index (χ4n) is 3.14. The van der Waals surface area contributed by atoms with Crippen LogP contribution in [-0.2, 0) is 4.57 Å². The predicted molar refractivity (Wildman–Crippen MR) is 113 cm³/mol. The molecular formula is C23H25O4P. The summed E-state index contributed by atoms with van der Waals surface area (Å²) in [7, 11) is -4.01. The lowest BCUT2D eigenvalue weighted by Crippen LogP contribution is -2.10. The normalized spacial score (nSPS) is 12.9. The Hall–Kier alpha value is -2.71. The van der Waals surface area contributed by atoms with Crippen LogP contribution in [-0.4, -0.2) is 0 Å². The smallest absolute Gasteiger partial charge is 0.386 e. The van der Waals surface area contributed by atoms with Crippen molar-refractivity contribution < 1.29 is 18.1 Å². The number of rotatable bonds is 6. The summed E-state index contributed by atoms with van der Waals surface area (Å²) in [6, 6.07) is 18.6. The van der Waals surface area contributed by atoms with Crippen molar-refractivity contribution in [2.45, 2.75) is 34.6 Å². The highest BCUT2D eigenvalue weighted by atomic mass is 31.2. The number of hydrogen-bond donors (Lipinski definition) is 0. The number of phosphoric acid groups is 1. The number of para-hydroxylation sites is 2. The molecule has 0 saturated heterocycles. The van der Waals surface area contributed by atoms with Crippen molar-refractivity contribution in [3.05, 3.63) is 88.5 Å². The summed E-state index contributed by atoms with van der Waals surface area (Å²) < 4.78 is 31.4. The van der Waals surface area contributed by atoms with Gasteiger partial charge in [-0.3, -0.25) is 0 Å². The van der Waals surface area contributed by atoms with E-state index >= 15 is 0 Å². The summed E-state index contributed by atoms with van der Waals surface area (Å²) in [5.41, 5.74) is 4.58. The van der Waals surface area contributed by atoms with Gasteiger partial charge in [-0.1, -0.05) is 54.1 Å². The van der Waals surface area contributed by atoms with Crippen LogP contribution >= 0.6 is 7.82 Å². The topological polar surface area (TPSA) is 44.8 Å². The first-order chi connectivity index (χ1) is 13.3. The summed E-state index contributed by atoms with van der Waals surface area (Å²) in [4.78, 5) is 0. The molecule has 0 fully saturated rings. The Labute approximate surface area is 166 Å². The predicted octanol–water partition coefficient (Wildman–Crippen LogP) is 6.87. The number of phosphoric ester groups is 1. The molecule has 4 nitrogen and oxygen atoms in total. The van der Waals surface area contributed by atoms with Crippen molar-refractivity contribution in [3.8, 4) is 17.2 Å². The lowest BCUT2D eigenvalue weighted by molar-refractivity contribution is 0.295. The van der Waals surface area contributed by atoms with Gasteiger partial charge >= 0.3 is 7.82 Å². The van der Waals surface area contributed by atoms with E-state index in [9.17, 15) is 4.57 Å². The quantitative estimate of drug-likeness (QED) is 0.426. The molecule has 0 aliphatic rings. The van der Waals surface area contributed by atoms with E-state index in [1.165, 1.54) is 0 Å². The van der Waals surface area contributed by atoms with Crippen LogP contribution in [0.3, 0.4) is 0 Å². The second-order valence-electron chi connectivity index (χ2n) is 6.98. The van der Waals surface area contributed by atoms with E-state index in [-0.39, 0.29) is 0 Å². The highest BCUT2D eigenvalue weighted by Crippen LogP contribution is 2.52. The van der Waals surface area contributed by atoms with Gasteiger partial charge < -0.3 is 13.6 Å². The molecule has 3 aromatic carbocycles. The lowest BCUT2D eigenvalue weighted by atomic mass is 10.1. The third-order valence-corrected chi connectivity index (χ3v) is 5.63. The SMILES string of the molecule is Cc1cc(C)c(OP(=O)(Oc2ccccc2)Oc2c(C)cccc2C)c(C)c1. The van der Waals surface area contributed by atoms with Crippen molar-refractivity contribution in [2.24, 2.45) is 0 Å². The second-order valence-corrected chi connectivity index (χ2v) is 8.43. The standard InChI is InChI=1S/C23H25O4P/c1-16-14-19(4)23(20(5)15-16)27-28(24,25-21-12-7-6-8-13-21)26-22-17(2)10-9-11-18(22)3/h6-15H,1-5H3. The van der Waals surface area contributed by atoms with E-state index in [1.807, 2.05) is 71.0 Å². The molecule has 0 aliphatic carbocycles. The van der Waals surface area contributed by atoms with E-state index < -0.39 is 7.82 Å². The van der Waals surface area contributed by atoms with Crippen LogP contribution in [0.15, 0.2) is 60.7 Å². The first-order valence-corrected chi connectivity index (χ1v) is 10.6. The largest absolute Gasteiger partial charge is 0.647 e. The van der Waals surface area contributed by atoms with Crippen molar-refractivity contribution in [1.82, 2.24) is 0 Å². The first-order valence-electron chi connectivity index (χ1n) is 9.15. The Morgan fingerprint density at radius 1 is 0.607 bits per heavy atom. The molecule has 3 aromatic rings. The Bertz CT molecular complexity index is 985. The molecule has 5 heteroatoms. The van der Waals surface area contributed by atoms with Gasteiger partial charge in [0.15, 0.2) is 0 Å². The highest BCUT2D eigenvalue weighted by molar-refractivity contribution is 7.49. The highest BCUT2D eigenvalue weighted by Gasteiger charge is 2.35. The maximum absolute atomic E-state index is 13.7. The summed E-state index contributed by atoms with van der Waals surface area (Å²) >= 11 is 0. The third kappa shape index (κ3) is 4.58. The molecule has 146 valence electrons. The zero-order valence-electron chi connectivity index (χ0n) is 16.9. The molecule has 0 radical (unpaired) electrons. The van der Waals surface area contributed by atoms with Crippen LogP contribution in [0, 0.1) is 34.6 Å². The molecule has 0 heterocycles. The molecule has 0 spiro atoms. The summed E-state index contributed by atoms with van der Waals surface area (Å²) in [6.07, 6.45) is 0. The molecule has 0 saturated carbocycles. The fourth-order valence-corrected chi connectivity index (χ4v) is 4.66. The van der Waals surface area contributed by atoms with Gasteiger partial charge in [0.1, 0.15) is 17.2 Å². The molecule has 0 N–H and O–H groups in total. The molecular weight excluding hydrogens is 371 g/mol. The Balaban J connectivity index is 2.03. The number of hydrogen-bond acceptors (Lipinski definition) is 4. The zero-order valence-corrected chi connectivity index (χ0v) is 17.7. The molecule has 0 aliphatic heterocycles. The van der Waals surface area contributed by atoms with E-state index in [0.29, 0.717) is 17.2 Å². The first kappa shape index (κ1) is 20.0. The molecule has 28 heavy (non-hydrogen) atoms. The Morgan fingerprint density at radius 3 is 1.64 bits per heavy atom. The maximum Gasteiger partial charge on any atom is 0.647 e. The van der Waals surface area contributed by atoms with Gasteiger partial charge in [-0.05, 0) is 69.0 Å².